The third-order valence-corrected chi connectivity index (χ3v) is 5.93. The zero-order valence-electron chi connectivity index (χ0n) is 17.5. The lowest BCUT2D eigenvalue weighted by Crippen LogP contribution is -2.28. The summed E-state index contributed by atoms with van der Waals surface area (Å²) in [6.45, 7) is 0.429. The fourth-order valence-corrected chi connectivity index (χ4v) is 4.06. The van der Waals surface area contributed by atoms with E-state index in [2.05, 4.69) is 45.4 Å². The Balaban J connectivity index is 1.18. The molecular formula is C25H24N2O4S. The van der Waals surface area contributed by atoms with E-state index >= 15 is 0 Å². The molecule has 1 aliphatic rings. The molecule has 0 radical (unpaired) electrons. The van der Waals surface area contributed by atoms with Crippen molar-refractivity contribution in [3.8, 4) is 5.75 Å². The number of esters is 1. The Morgan fingerprint density at radius 2 is 1.84 bits per heavy atom. The topological polar surface area (TPSA) is 77.5 Å². The molecule has 1 aliphatic heterocycles. The van der Waals surface area contributed by atoms with Crippen LogP contribution in [0.25, 0.3) is 12.2 Å². The number of ether oxygens (including phenoxy) is 2. The van der Waals surface area contributed by atoms with Gasteiger partial charge in [0.1, 0.15) is 23.4 Å². The van der Waals surface area contributed by atoms with Crippen LogP contribution in [0.1, 0.15) is 41.1 Å². The van der Waals surface area contributed by atoms with Crippen molar-refractivity contribution in [1.82, 2.24) is 10.3 Å². The van der Waals surface area contributed by atoms with Crippen LogP contribution in [0, 0.1) is 0 Å². The molecule has 32 heavy (non-hydrogen) atoms. The Kier molecular flexibility index (Phi) is 7.30. The third-order valence-electron chi connectivity index (χ3n) is 5.08. The number of aromatic nitrogens is 1. The van der Waals surface area contributed by atoms with Crippen molar-refractivity contribution in [2.24, 2.45) is 0 Å². The molecule has 0 aliphatic carbocycles. The number of carbonyl (C=O) groups is 2. The molecular weight excluding hydrogens is 424 g/mol. The summed E-state index contributed by atoms with van der Waals surface area (Å²) in [7, 11) is 0. The van der Waals surface area contributed by atoms with Gasteiger partial charge in [0.05, 0.1) is 5.69 Å². The maximum Gasteiger partial charge on any atom is 0.415 e. The molecule has 1 aromatic heterocycles. The summed E-state index contributed by atoms with van der Waals surface area (Å²) in [5, 5.41) is 5.49. The molecule has 1 saturated heterocycles. The van der Waals surface area contributed by atoms with Crippen LogP contribution in [0.2, 0.25) is 0 Å². The molecule has 164 valence electrons. The van der Waals surface area contributed by atoms with Gasteiger partial charge in [-0.2, -0.15) is 0 Å². The van der Waals surface area contributed by atoms with Crippen molar-refractivity contribution in [2.45, 2.75) is 38.3 Å². The summed E-state index contributed by atoms with van der Waals surface area (Å²) in [4.78, 5) is 27.0. The summed E-state index contributed by atoms with van der Waals surface area (Å²) in [6, 6.07) is 17.7. The van der Waals surface area contributed by atoms with E-state index in [4.69, 9.17) is 4.74 Å². The minimum absolute atomic E-state index is 0.429. The second-order valence-corrected chi connectivity index (χ2v) is 8.39. The van der Waals surface area contributed by atoms with Gasteiger partial charge in [-0.1, -0.05) is 55.0 Å². The molecule has 0 spiro atoms. The highest BCUT2D eigenvalue weighted by Crippen LogP contribution is 2.19. The van der Waals surface area contributed by atoms with E-state index in [1.165, 1.54) is 5.56 Å². The predicted molar refractivity (Wildman–Crippen MR) is 124 cm³/mol. The van der Waals surface area contributed by atoms with Crippen molar-refractivity contribution in [2.75, 3.05) is 0 Å². The van der Waals surface area contributed by atoms with Gasteiger partial charge in [0.2, 0.25) is 0 Å². The Morgan fingerprint density at radius 3 is 2.59 bits per heavy atom. The summed E-state index contributed by atoms with van der Waals surface area (Å²) >= 11 is 1.60. The van der Waals surface area contributed by atoms with Crippen LogP contribution in [-0.2, 0) is 22.6 Å². The van der Waals surface area contributed by atoms with Crippen molar-refractivity contribution < 1.29 is 19.1 Å². The Bertz CT molecular complexity index is 1080. The first-order chi connectivity index (χ1) is 15.7. The first kappa shape index (κ1) is 21.8. The van der Waals surface area contributed by atoms with Gasteiger partial charge in [-0.25, -0.2) is 14.6 Å². The van der Waals surface area contributed by atoms with E-state index in [1.807, 2.05) is 41.8 Å². The minimum atomic E-state index is -0.645. The quantitative estimate of drug-likeness (QED) is 0.261. The summed E-state index contributed by atoms with van der Waals surface area (Å²) < 4.78 is 10.3. The molecule has 6 nitrogen and oxygen atoms in total. The van der Waals surface area contributed by atoms with Crippen molar-refractivity contribution in [3.05, 3.63) is 81.8 Å². The predicted octanol–water partition coefficient (Wildman–Crippen LogP) is 5.24. The lowest BCUT2D eigenvalue weighted by Gasteiger charge is -2.07. The SMILES string of the molecule is O=C1NC(CCCCc2ccc(OCc3csc(C=Cc4ccccc4)n3)cc2)C(=O)O1. The highest BCUT2D eigenvalue weighted by atomic mass is 32.1. The Hall–Kier alpha value is -3.45. The smallest absolute Gasteiger partial charge is 0.415 e. The van der Waals surface area contributed by atoms with Crippen LogP contribution in [0.5, 0.6) is 5.75 Å². The molecule has 0 bridgehead atoms. The van der Waals surface area contributed by atoms with E-state index < -0.39 is 18.1 Å². The standard InChI is InChI=1S/C25H24N2O4S/c28-24-22(27-25(29)31-24)9-5-4-8-19-10-13-21(14-11-19)30-16-20-17-32-23(26-20)15-12-18-6-2-1-3-7-18/h1-3,6-7,10-15,17,22H,4-5,8-9,16H2,(H,27,29). The molecule has 1 fully saturated rings. The number of carbonyl (C=O) groups excluding carboxylic acids is 2. The Labute approximate surface area is 190 Å². The number of hydrogen-bond donors (Lipinski definition) is 1. The fraction of sp³-hybridized carbons (Fsp3) is 0.240. The molecule has 3 aromatic rings. The molecule has 0 saturated carbocycles. The van der Waals surface area contributed by atoms with Gasteiger partial charge >= 0.3 is 12.1 Å². The minimum Gasteiger partial charge on any atom is -0.487 e. The summed E-state index contributed by atoms with van der Waals surface area (Å²) in [5.41, 5.74) is 3.26. The maximum absolute atomic E-state index is 11.4. The number of hydrogen-bond acceptors (Lipinski definition) is 6. The highest BCUT2D eigenvalue weighted by Gasteiger charge is 2.31. The lowest BCUT2D eigenvalue weighted by atomic mass is 10.0. The number of amides is 1. The van der Waals surface area contributed by atoms with Crippen molar-refractivity contribution >= 4 is 35.6 Å². The van der Waals surface area contributed by atoms with E-state index in [-0.39, 0.29) is 0 Å². The molecule has 4 rings (SSSR count). The number of alkyl carbamates (subject to hydrolysis) is 1. The third kappa shape index (κ3) is 6.28. The molecule has 1 atom stereocenters. The van der Waals surface area contributed by atoms with Crippen molar-refractivity contribution in [1.29, 1.82) is 0 Å². The summed E-state index contributed by atoms with van der Waals surface area (Å²) in [5.74, 6) is 0.329. The molecule has 2 aromatic carbocycles. The van der Waals surface area contributed by atoms with Crippen molar-refractivity contribution in [3.63, 3.8) is 0 Å². The molecule has 1 amide bonds. The van der Waals surface area contributed by atoms with Gasteiger partial charge in [0.25, 0.3) is 0 Å². The van der Waals surface area contributed by atoms with Gasteiger partial charge in [0, 0.05) is 5.38 Å². The van der Waals surface area contributed by atoms with Gasteiger partial charge in [-0.15, -0.1) is 11.3 Å². The average Bonchev–Trinajstić information content (AvgIpc) is 3.40. The van der Waals surface area contributed by atoms with Gasteiger partial charge in [-0.05, 0) is 48.6 Å². The molecule has 2 heterocycles. The number of rotatable bonds is 10. The van der Waals surface area contributed by atoms with E-state index in [0.29, 0.717) is 13.0 Å². The van der Waals surface area contributed by atoms with Gasteiger partial charge in [0.15, 0.2) is 0 Å². The van der Waals surface area contributed by atoms with Crippen LogP contribution < -0.4 is 10.1 Å². The monoisotopic (exact) mass is 448 g/mol. The second kappa shape index (κ2) is 10.7. The first-order valence-corrected chi connectivity index (χ1v) is 11.5. The summed E-state index contributed by atoms with van der Waals surface area (Å²) in [6.07, 6.45) is 6.69. The Morgan fingerprint density at radius 1 is 1.03 bits per heavy atom. The van der Waals surface area contributed by atoms with E-state index in [9.17, 15) is 9.59 Å². The number of unbranched alkanes of at least 4 members (excludes halogenated alkanes) is 1. The van der Waals surface area contributed by atoms with Crippen LogP contribution in [-0.4, -0.2) is 23.1 Å². The van der Waals surface area contributed by atoms with Gasteiger partial charge in [-0.3, -0.25) is 0 Å². The zero-order valence-corrected chi connectivity index (χ0v) is 18.3. The number of nitrogens with one attached hydrogen (secondary N) is 1. The maximum atomic E-state index is 11.4. The molecule has 1 unspecified atom stereocenters. The van der Waals surface area contributed by atoms with Crippen LogP contribution in [0.15, 0.2) is 60.0 Å². The normalized spacial score (nSPS) is 15.7. The average molecular weight is 449 g/mol. The fourth-order valence-electron chi connectivity index (χ4n) is 3.37. The van der Waals surface area contributed by atoms with Crippen LogP contribution in [0.3, 0.4) is 0 Å². The number of cyclic esters (lactones) is 2. The van der Waals surface area contributed by atoms with Crippen LogP contribution in [0.4, 0.5) is 4.79 Å². The highest BCUT2D eigenvalue weighted by molar-refractivity contribution is 7.10. The number of thiazole rings is 1. The van der Waals surface area contributed by atoms with Crippen LogP contribution >= 0.6 is 11.3 Å². The zero-order chi connectivity index (χ0) is 22.2. The molecule has 1 N–H and O–H groups in total. The second-order valence-electron chi connectivity index (χ2n) is 7.50. The lowest BCUT2D eigenvalue weighted by molar-refractivity contribution is -0.135. The largest absolute Gasteiger partial charge is 0.487 e. The number of aryl methyl sites for hydroxylation is 1. The van der Waals surface area contributed by atoms with E-state index in [0.717, 1.165) is 41.3 Å². The molecule has 7 heteroatoms. The number of nitrogens with zero attached hydrogens (tertiary/aromatic N) is 1. The first-order valence-electron chi connectivity index (χ1n) is 10.6. The van der Waals surface area contributed by atoms with E-state index in [1.54, 1.807) is 11.3 Å². The van der Waals surface area contributed by atoms with Gasteiger partial charge < -0.3 is 14.8 Å². The number of benzene rings is 2.